The number of esters is 1. The van der Waals surface area contributed by atoms with E-state index in [2.05, 4.69) is 5.32 Å². The Morgan fingerprint density at radius 2 is 1.85 bits per heavy atom. The molecule has 27 heavy (non-hydrogen) atoms. The maximum absolute atomic E-state index is 12.6. The van der Waals surface area contributed by atoms with Crippen molar-refractivity contribution in [1.82, 2.24) is 19.0 Å². The summed E-state index contributed by atoms with van der Waals surface area (Å²) in [5, 5.41) is 2.71. The van der Waals surface area contributed by atoms with Crippen molar-refractivity contribution in [3.63, 3.8) is 0 Å². The molecule has 0 spiro atoms. The van der Waals surface area contributed by atoms with Gasteiger partial charge in [0.05, 0.1) is 18.1 Å². The second-order valence-electron chi connectivity index (χ2n) is 6.34. The third-order valence-corrected chi connectivity index (χ3v) is 4.01. The average molecular weight is 380 g/mol. The fraction of sp³-hybridized carbons (Fsp3) is 0.529. The Morgan fingerprint density at radius 3 is 2.44 bits per heavy atom. The summed E-state index contributed by atoms with van der Waals surface area (Å²) in [7, 11) is 4.40. The summed E-state index contributed by atoms with van der Waals surface area (Å²) in [6.07, 6.45) is -0.292. The van der Waals surface area contributed by atoms with Gasteiger partial charge < -0.3 is 19.4 Å². The van der Waals surface area contributed by atoms with Crippen LogP contribution in [0.15, 0.2) is 15.7 Å². The molecule has 1 N–H and O–H groups in total. The lowest BCUT2D eigenvalue weighted by molar-refractivity contribution is -0.146. The van der Waals surface area contributed by atoms with E-state index < -0.39 is 23.1 Å². The van der Waals surface area contributed by atoms with Crippen LogP contribution in [0.1, 0.15) is 24.3 Å². The highest BCUT2D eigenvalue weighted by atomic mass is 16.5. The number of methoxy groups -OCH3 is 1. The summed E-state index contributed by atoms with van der Waals surface area (Å²) in [6.45, 7) is 3.62. The van der Waals surface area contributed by atoms with Crippen LogP contribution in [0.4, 0.5) is 0 Å². The molecule has 1 amide bonds. The fourth-order valence-corrected chi connectivity index (χ4v) is 2.79. The van der Waals surface area contributed by atoms with Crippen molar-refractivity contribution >= 4 is 22.9 Å². The number of aryl methyl sites for hydroxylation is 1. The van der Waals surface area contributed by atoms with Crippen molar-refractivity contribution in [2.45, 2.75) is 26.5 Å². The van der Waals surface area contributed by atoms with Gasteiger partial charge in [-0.3, -0.25) is 23.5 Å². The summed E-state index contributed by atoms with van der Waals surface area (Å²) in [6, 6.07) is 1.41. The highest BCUT2D eigenvalue weighted by Crippen LogP contribution is 2.15. The Bertz CT molecular complexity index is 982. The SMILES string of the molecule is COCCn1c(C(=O)NCC(=O)OC(C)C)cc2c(=O)n(C)c(=O)n(C)c21. The molecule has 0 aliphatic rings. The van der Waals surface area contributed by atoms with Gasteiger partial charge in [-0.2, -0.15) is 0 Å². The number of rotatable bonds is 7. The van der Waals surface area contributed by atoms with Crippen LogP contribution in [0.2, 0.25) is 0 Å². The predicted molar refractivity (Wildman–Crippen MR) is 97.9 cm³/mol. The second-order valence-corrected chi connectivity index (χ2v) is 6.34. The molecule has 10 heteroatoms. The molecule has 0 aliphatic heterocycles. The van der Waals surface area contributed by atoms with Crippen LogP contribution in [0.5, 0.6) is 0 Å². The third kappa shape index (κ3) is 4.11. The Kier molecular flexibility index (Phi) is 6.21. The quantitative estimate of drug-likeness (QED) is 0.640. The minimum Gasteiger partial charge on any atom is -0.462 e. The van der Waals surface area contributed by atoms with E-state index >= 15 is 0 Å². The fourth-order valence-electron chi connectivity index (χ4n) is 2.79. The van der Waals surface area contributed by atoms with Crippen LogP contribution in [0, 0.1) is 0 Å². The van der Waals surface area contributed by atoms with Crippen LogP contribution in [-0.4, -0.2) is 51.9 Å². The molecule has 148 valence electrons. The van der Waals surface area contributed by atoms with E-state index in [9.17, 15) is 19.2 Å². The summed E-state index contributed by atoms with van der Waals surface area (Å²) in [5.41, 5.74) is -0.540. The summed E-state index contributed by atoms with van der Waals surface area (Å²) < 4.78 is 13.9. The monoisotopic (exact) mass is 380 g/mol. The van der Waals surface area contributed by atoms with E-state index in [-0.39, 0.29) is 36.9 Å². The van der Waals surface area contributed by atoms with Gasteiger partial charge in [0.1, 0.15) is 17.9 Å². The molecule has 0 saturated heterocycles. The zero-order chi connectivity index (χ0) is 20.3. The molecule has 0 atom stereocenters. The van der Waals surface area contributed by atoms with Gasteiger partial charge in [0.25, 0.3) is 11.5 Å². The molecule has 2 aromatic rings. The van der Waals surface area contributed by atoms with Crippen molar-refractivity contribution < 1.29 is 19.1 Å². The number of amides is 1. The third-order valence-electron chi connectivity index (χ3n) is 4.01. The summed E-state index contributed by atoms with van der Waals surface area (Å²) >= 11 is 0. The summed E-state index contributed by atoms with van der Waals surface area (Å²) in [4.78, 5) is 49.0. The number of hydrogen-bond donors (Lipinski definition) is 1. The highest BCUT2D eigenvalue weighted by Gasteiger charge is 2.21. The Hall–Kier alpha value is -2.88. The normalized spacial score (nSPS) is 11.2. The predicted octanol–water partition coefficient (Wildman–Crippen LogP) is -0.633. The average Bonchev–Trinajstić information content (AvgIpc) is 3.00. The van der Waals surface area contributed by atoms with Crippen LogP contribution in [0.3, 0.4) is 0 Å². The first-order valence-electron chi connectivity index (χ1n) is 8.44. The van der Waals surface area contributed by atoms with Crippen LogP contribution < -0.4 is 16.6 Å². The van der Waals surface area contributed by atoms with Gasteiger partial charge in [-0.1, -0.05) is 0 Å². The van der Waals surface area contributed by atoms with Gasteiger partial charge in [-0.25, -0.2) is 4.79 Å². The molecule has 0 bridgehead atoms. The van der Waals surface area contributed by atoms with E-state index in [4.69, 9.17) is 9.47 Å². The molecule has 0 aliphatic carbocycles. The molecular weight excluding hydrogens is 356 g/mol. The molecule has 0 radical (unpaired) electrons. The zero-order valence-corrected chi connectivity index (χ0v) is 16.1. The first-order valence-corrected chi connectivity index (χ1v) is 8.44. The standard InChI is InChI=1S/C17H24N4O6/c1-10(2)27-13(22)9-18-14(23)12-8-11-15(21(12)6-7-26-5)19(3)17(25)20(4)16(11)24/h8,10H,6-7,9H2,1-5H3,(H,18,23). The maximum Gasteiger partial charge on any atom is 0.332 e. The molecule has 0 unspecified atom stereocenters. The molecular formula is C17H24N4O6. The Balaban J connectivity index is 2.49. The molecule has 10 nitrogen and oxygen atoms in total. The first kappa shape index (κ1) is 20.4. The zero-order valence-electron chi connectivity index (χ0n) is 16.1. The van der Waals surface area contributed by atoms with E-state index in [0.29, 0.717) is 5.65 Å². The van der Waals surface area contributed by atoms with Crippen LogP contribution in [-0.2, 0) is 34.9 Å². The minimum atomic E-state index is -0.568. The first-order chi connectivity index (χ1) is 12.7. The topological polar surface area (TPSA) is 114 Å². The Labute approximate surface area is 155 Å². The van der Waals surface area contributed by atoms with Gasteiger partial charge in [-0.05, 0) is 19.9 Å². The molecule has 2 aromatic heterocycles. The number of aromatic nitrogens is 3. The number of fused-ring (bicyclic) bond motifs is 1. The summed E-state index contributed by atoms with van der Waals surface area (Å²) in [5.74, 6) is -1.13. The van der Waals surface area contributed by atoms with E-state index in [0.717, 1.165) is 4.57 Å². The number of ether oxygens (including phenoxy) is 2. The van der Waals surface area contributed by atoms with Gasteiger partial charge in [-0.15, -0.1) is 0 Å². The van der Waals surface area contributed by atoms with Crippen molar-refractivity contribution in [2.75, 3.05) is 20.3 Å². The van der Waals surface area contributed by atoms with Crippen molar-refractivity contribution in [3.8, 4) is 0 Å². The van der Waals surface area contributed by atoms with E-state index in [1.807, 2.05) is 0 Å². The van der Waals surface area contributed by atoms with Crippen molar-refractivity contribution in [2.24, 2.45) is 14.1 Å². The van der Waals surface area contributed by atoms with Gasteiger partial charge in [0.15, 0.2) is 0 Å². The molecule has 2 rings (SSSR count). The van der Waals surface area contributed by atoms with Crippen LogP contribution >= 0.6 is 0 Å². The lowest BCUT2D eigenvalue weighted by Gasteiger charge is -2.13. The largest absolute Gasteiger partial charge is 0.462 e. The van der Waals surface area contributed by atoms with Gasteiger partial charge >= 0.3 is 11.7 Å². The van der Waals surface area contributed by atoms with Crippen molar-refractivity contribution in [3.05, 3.63) is 32.6 Å². The minimum absolute atomic E-state index is 0.151. The number of carbonyl (C=O) groups excluding carboxylic acids is 2. The van der Waals surface area contributed by atoms with Crippen LogP contribution in [0.25, 0.3) is 11.0 Å². The second kappa shape index (κ2) is 8.21. The van der Waals surface area contributed by atoms with Gasteiger partial charge in [0, 0.05) is 27.7 Å². The lowest BCUT2D eigenvalue weighted by atomic mass is 10.3. The molecule has 2 heterocycles. The lowest BCUT2D eigenvalue weighted by Crippen LogP contribution is -2.37. The molecule has 0 fully saturated rings. The molecule has 0 saturated carbocycles. The number of nitrogens with zero attached hydrogens (tertiary/aromatic N) is 3. The number of carbonyl (C=O) groups is 2. The highest BCUT2D eigenvalue weighted by molar-refractivity contribution is 5.99. The van der Waals surface area contributed by atoms with Gasteiger partial charge in [0.2, 0.25) is 0 Å². The van der Waals surface area contributed by atoms with E-state index in [1.165, 1.54) is 36.4 Å². The van der Waals surface area contributed by atoms with Crippen molar-refractivity contribution in [1.29, 1.82) is 0 Å². The number of hydrogen-bond acceptors (Lipinski definition) is 6. The number of nitrogens with one attached hydrogen (secondary N) is 1. The maximum atomic E-state index is 12.6. The Morgan fingerprint density at radius 1 is 1.19 bits per heavy atom. The van der Waals surface area contributed by atoms with E-state index in [1.54, 1.807) is 13.8 Å². The molecule has 0 aromatic carbocycles. The smallest absolute Gasteiger partial charge is 0.332 e.